The van der Waals surface area contributed by atoms with Crippen LogP contribution in [0, 0.1) is 6.92 Å². The molecule has 3 aromatic heterocycles. The Balaban J connectivity index is 2.06. The zero-order valence-corrected chi connectivity index (χ0v) is 19.2. The largest absolute Gasteiger partial charge is 0.385 e. The van der Waals surface area contributed by atoms with E-state index < -0.39 is 9.84 Å². The van der Waals surface area contributed by atoms with Gasteiger partial charge in [0.15, 0.2) is 0 Å². The van der Waals surface area contributed by atoms with Crippen LogP contribution in [0.4, 0.5) is 5.82 Å². The van der Waals surface area contributed by atoms with Gasteiger partial charge >= 0.3 is 0 Å². The zero-order valence-electron chi connectivity index (χ0n) is 17.6. The summed E-state index contributed by atoms with van der Waals surface area (Å²) in [7, 11) is -2.44. The monoisotopic (exact) mass is 473 g/mol. The number of methoxy groups -OCH3 is 1. The molecular formula is C22H22ClN4O4S+. The van der Waals surface area contributed by atoms with Gasteiger partial charge < -0.3 is 10.5 Å². The van der Waals surface area contributed by atoms with Gasteiger partial charge in [-0.2, -0.15) is 0 Å². The fourth-order valence-electron chi connectivity index (χ4n) is 3.58. The van der Waals surface area contributed by atoms with Crippen LogP contribution < -0.4 is 15.9 Å². The molecule has 0 unspecified atom stereocenters. The van der Waals surface area contributed by atoms with Crippen molar-refractivity contribution in [2.45, 2.75) is 29.7 Å². The number of aryl methyl sites for hydroxylation is 2. The number of fused-ring (bicyclic) bond motifs is 2. The molecule has 0 aliphatic rings. The van der Waals surface area contributed by atoms with E-state index in [0.29, 0.717) is 35.9 Å². The first-order valence-electron chi connectivity index (χ1n) is 9.88. The molecule has 10 heteroatoms. The number of halogens is 1. The number of aromatic nitrogens is 3. The van der Waals surface area contributed by atoms with Crippen LogP contribution in [-0.2, 0) is 21.1 Å². The molecule has 0 fully saturated rings. The van der Waals surface area contributed by atoms with Crippen LogP contribution in [0.1, 0.15) is 12.0 Å². The minimum absolute atomic E-state index is 0.00640. The summed E-state index contributed by atoms with van der Waals surface area (Å²) in [5, 5.41) is 0.571. The molecule has 3 heterocycles. The molecule has 0 radical (unpaired) electrons. The fourth-order valence-corrected chi connectivity index (χ4v) is 5.11. The Morgan fingerprint density at radius 1 is 1.19 bits per heavy atom. The van der Waals surface area contributed by atoms with E-state index >= 15 is 0 Å². The average Bonchev–Trinajstić information content (AvgIpc) is 2.76. The number of ether oxygens (including phenoxy) is 1. The molecule has 0 spiro atoms. The van der Waals surface area contributed by atoms with E-state index in [-0.39, 0.29) is 26.6 Å². The molecule has 166 valence electrons. The number of nitrogen functional groups attached to an aromatic ring is 1. The number of benzene rings is 1. The lowest BCUT2D eigenvalue weighted by molar-refractivity contribution is -0.661. The van der Waals surface area contributed by atoms with Gasteiger partial charge in [-0.3, -0.25) is 9.20 Å². The Bertz CT molecular complexity index is 1500. The highest BCUT2D eigenvalue weighted by molar-refractivity contribution is 7.91. The lowest BCUT2D eigenvalue weighted by atomic mass is 10.2. The topological polar surface area (TPSA) is 108 Å². The molecule has 8 nitrogen and oxygen atoms in total. The minimum atomic E-state index is -4.02. The van der Waals surface area contributed by atoms with Gasteiger partial charge in [-0.25, -0.2) is 13.0 Å². The molecule has 2 N–H and O–H groups in total. The number of rotatable bonds is 6. The van der Waals surface area contributed by atoms with Crippen molar-refractivity contribution in [2.75, 3.05) is 19.5 Å². The van der Waals surface area contributed by atoms with Crippen molar-refractivity contribution in [2.24, 2.45) is 0 Å². The van der Waals surface area contributed by atoms with Gasteiger partial charge in [0, 0.05) is 31.4 Å². The predicted octanol–water partition coefficient (Wildman–Crippen LogP) is 2.55. The summed E-state index contributed by atoms with van der Waals surface area (Å²) < 4.78 is 35.0. The first-order chi connectivity index (χ1) is 15.2. The zero-order chi connectivity index (χ0) is 23.0. The molecule has 1 aromatic carbocycles. The maximum Gasteiger partial charge on any atom is 0.278 e. The number of pyridine rings is 2. The fraction of sp³-hybridized carbons (Fsp3) is 0.227. The Morgan fingerprint density at radius 2 is 1.91 bits per heavy atom. The van der Waals surface area contributed by atoms with Crippen LogP contribution in [0.15, 0.2) is 63.2 Å². The summed E-state index contributed by atoms with van der Waals surface area (Å²) in [6.45, 7) is 2.63. The standard InChI is InChI=1S/C22H21ClN4O4S/c1-14-4-9-19-25-21-17(22(28)27(19)13-14)12-18(20(24)26(21)10-3-11-31-2)32(29,30)16-7-5-15(23)6-8-16/h4-9,12-13,24H,3,10-11H2,1-2H3/p+1. The van der Waals surface area contributed by atoms with Crippen molar-refractivity contribution in [3.05, 3.63) is 69.6 Å². The Labute approximate surface area is 189 Å². The van der Waals surface area contributed by atoms with Crippen molar-refractivity contribution in [1.29, 1.82) is 0 Å². The van der Waals surface area contributed by atoms with Crippen LogP contribution in [0.2, 0.25) is 5.02 Å². The predicted molar refractivity (Wildman–Crippen MR) is 122 cm³/mol. The number of nitrogens with zero attached hydrogens (tertiary/aromatic N) is 3. The third-order valence-electron chi connectivity index (χ3n) is 5.20. The van der Waals surface area contributed by atoms with Crippen molar-refractivity contribution < 1.29 is 17.7 Å². The van der Waals surface area contributed by atoms with E-state index in [1.165, 1.54) is 34.7 Å². The average molecular weight is 474 g/mol. The smallest absolute Gasteiger partial charge is 0.278 e. The van der Waals surface area contributed by atoms with Crippen molar-refractivity contribution in [3.8, 4) is 0 Å². The van der Waals surface area contributed by atoms with Crippen LogP contribution >= 0.6 is 11.6 Å². The Kier molecular flexibility index (Phi) is 5.89. The maximum absolute atomic E-state index is 13.4. The summed E-state index contributed by atoms with van der Waals surface area (Å²) >= 11 is 5.91. The minimum Gasteiger partial charge on any atom is -0.385 e. The number of anilines is 1. The van der Waals surface area contributed by atoms with Gasteiger partial charge in [-0.1, -0.05) is 22.7 Å². The number of hydrogen-bond acceptors (Lipinski definition) is 6. The second kappa shape index (κ2) is 8.50. The molecule has 4 rings (SSSR count). The van der Waals surface area contributed by atoms with E-state index in [4.69, 9.17) is 22.1 Å². The van der Waals surface area contributed by atoms with Gasteiger partial charge in [-0.15, -0.1) is 0 Å². The van der Waals surface area contributed by atoms with E-state index in [9.17, 15) is 13.2 Å². The number of sulfone groups is 1. The molecule has 32 heavy (non-hydrogen) atoms. The Hall–Kier alpha value is -3.01. The van der Waals surface area contributed by atoms with Gasteiger partial charge in [0.2, 0.25) is 21.3 Å². The number of nitrogens with two attached hydrogens (primary N) is 1. The van der Waals surface area contributed by atoms with Crippen LogP contribution in [0.3, 0.4) is 0 Å². The van der Waals surface area contributed by atoms with E-state index in [1.54, 1.807) is 23.9 Å². The van der Waals surface area contributed by atoms with Gasteiger partial charge in [0.1, 0.15) is 10.3 Å². The summed E-state index contributed by atoms with van der Waals surface area (Å²) in [4.78, 5) is 17.8. The summed E-state index contributed by atoms with van der Waals surface area (Å²) in [6, 6.07) is 10.7. The second-order valence-electron chi connectivity index (χ2n) is 7.44. The second-order valence-corrected chi connectivity index (χ2v) is 9.79. The van der Waals surface area contributed by atoms with E-state index in [1.807, 2.05) is 13.0 Å². The van der Waals surface area contributed by atoms with Gasteiger partial charge in [-0.05, 0) is 48.9 Å². The van der Waals surface area contributed by atoms with Crippen LogP contribution in [0.25, 0.3) is 16.7 Å². The molecule has 0 atom stereocenters. The van der Waals surface area contributed by atoms with Crippen molar-refractivity contribution in [3.63, 3.8) is 0 Å². The molecule has 0 aliphatic heterocycles. The quantitative estimate of drug-likeness (QED) is 0.262. The molecule has 0 saturated carbocycles. The van der Waals surface area contributed by atoms with E-state index in [2.05, 4.69) is 4.98 Å². The summed E-state index contributed by atoms with van der Waals surface area (Å²) in [5.74, 6) is 0.00640. The molecular weight excluding hydrogens is 452 g/mol. The lowest BCUT2D eigenvalue weighted by Crippen LogP contribution is -2.42. The van der Waals surface area contributed by atoms with Crippen LogP contribution in [0.5, 0.6) is 0 Å². The van der Waals surface area contributed by atoms with Gasteiger partial charge in [0.25, 0.3) is 11.2 Å². The van der Waals surface area contributed by atoms with Crippen molar-refractivity contribution >= 4 is 43.9 Å². The third kappa shape index (κ3) is 3.83. The first kappa shape index (κ1) is 22.2. The lowest BCUT2D eigenvalue weighted by Gasteiger charge is -2.13. The molecule has 0 aliphatic carbocycles. The van der Waals surface area contributed by atoms with Crippen LogP contribution in [-0.4, -0.2) is 31.5 Å². The summed E-state index contributed by atoms with van der Waals surface area (Å²) in [6.07, 6.45) is 2.23. The third-order valence-corrected chi connectivity index (χ3v) is 7.25. The molecule has 0 saturated heterocycles. The van der Waals surface area contributed by atoms with E-state index in [0.717, 1.165) is 5.56 Å². The highest BCUT2D eigenvalue weighted by Crippen LogP contribution is 2.27. The Morgan fingerprint density at radius 3 is 2.59 bits per heavy atom. The first-order valence-corrected chi connectivity index (χ1v) is 11.7. The highest BCUT2D eigenvalue weighted by atomic mass is 35.5. The molecule has 0 bridgehead atoms. The summed E-state index contributed by atoms with van der Waals surface area (Å²) in [5.41, 5.74) is 7.64. The maximum atomic E-state index is 13.4. The van der Waals surface area contributed by atoms with Crippen molar-refractivity contribution in [1.82, 2.24) is 9.38 Å². The molecule has 0 amide bonds. The van der Waals surface area contributed by atoms with Gasteiger partial charge in [0.05, 0.1) is 11.4 Å². The highest BCUT2D eigenvalue weighted by Gasteiger charge is 2.29. The SMILES string of the molecule is COCCC[n+]1c(N)c(S(=O)(=O)c2ccc(Cl)cc2)cc2c(=O)n3cc(C)ccc3nc21. The normalized spacial score (nSPS) is 12.0. The molecule has 4 aromatic rings. The number of hydrogen-bond donors (Lipinski definition) is 1.